The lowest BCUT2D eigenvalue weighted by Gasteiger charge is -2.41. The van der Waals surface area contributed by atoms with Crippen molar-refractivity contribution in [1.82, 2.24) is 4.90 Å². The average molecular weight is 413 g/mol. The first kappa shape index (κ1) is 17.7. The Balaban J connectivity index is 1.43. The van der Waals surface area contributed by atoms with E-state index in [1.54, 1.807) is 0 Å². The highest BCUT2D eigenvalue weighted by molar-refractivity contribution is 9.10. The molecule has 26 heavy (non-hydrogen) atoms. The van der Waals surface area contributed by atoms with Gasteiger partial charge >= 0.3 is 0 Å². The second-order valence-electron chi connectivity index (χ2n) is 7.78. The summed E-state index contributed by atoms with van der Waals surface area (Å²) in [6.45, 7) is 4.51. The fraction of sp³-hybridized carbons (Fsp3) is 0.409. The lowest BCUT2D eigenvalue weighted by atomic mass is 9.75. The Morgan fingerprint density at radius 3 is 2.92 bits per heavy atom. The van der Waals surface area contributed by atoms with E-state index in [1.807, 2.05) is 25.1 Å². The smallest absolute Gasteiger partial charge is 0.238 e. The molecule has 1 amide bonds. The van der Waals surface area contributed by atoms with E-state index in [1.165, 1.54) is 36.0 Å². The molecule has 1 atom stereocenters. The van der Waals surface area contributed by atoms with Gasteiger partial charge in [0.2, 0.25) is 5.91 Å². The van der Waals surface area contributed by atoms with Crippen molar-refractivity contribution in [3.8, 4) is 0 Å². The second-order valence-corrected chi connectivity index (χ2v) is 8.64. The Bertz CT molecular complexity index is 831. The third-order valence-electron chi connectivity index (χ3n) is 5.88. The van der Waals surface area contributed by atoms with Crippen molar-refractivity contribution in [2.75, 3.05) is 25.0 Å². The van der Waals surface area contributed by atoms with E-state index in [2.05, 4.69) is 50.4 Å². The van der Waals surface area contributed by atoms with Crippen molar-refractivity contribution in [2.45, 2.75) is 38.0 Å². The highest BCUT2D eigenvalue weighted by atomic mass is 79.9. The maximum Gasteiger partial charge on any atom is 0.238 e. The molecule has 2 aromatic rings. The summed E-state index contributed by atoms with van der Waals surface area (Å²) in [6, 6.07) is 14.9. The van der Waals surface area contributed by atoms with Gasteiger partial charge < -0.3 is 5.32 Å². The minimum Gasteiger partial charge on any atom is -0.324 e. The number of fused-ring (bicyclic) bond motifs is 2. The molecule has 3 nitrogen and oxygen atoms in total. The molecular formula is C22H25BrN2O. The molecule has 136 valence electrons. The quantitative estimate of drug-likeness (QED) is 0.793. The van der Waals surface area contributed by atoms with Gasteiger partial charge in [-0.3, -0.25) is 9.69 Å². The number of carbonyl (C=O) groups is 1. The number of aryl methyl sites for hydroxylation is 2. The molecule has 1 N–H and O–H groups in total. The molecule has 1 unspecified atom stereocenters. The van der Waals surface area contributed by atoms with Gasteiger partial charge in [-0.05, 0) is 83.9 Å². The number of benzene rings is 2. The molecule has 4 rings (SSSR count). The molecule has 0 saturated carbocycles. The van der Waals surface area contributed by atoms with Gasteiger partial charge in [0.15, 0.2) is 0 Å². The first-order chi connectivity index (χ1) is 12.6. The van der Waals surface area contributed by atoms with Crippen LogP contribution in [0.2, 0.25) is 0 Å². The standard InChI is InChI=1S/C22H25BrN2O/c1-16-7-8-20(19(23)13-16)24-21(26)14-25-12-4-10-22(15-25)11-9-17-5-2-3-6-18(17)22/h2-3,5-8,13H,4,9-12,14-15H2,1H3,(H,24,26). The summed E-state index contributed by atoms with van der Waals surface area (Å²) >= 11 is 3.54. The third kappa shape index (κ3) is 3.45. The predicted octanol–water partition coefficient (Wildman–Crippen LogP) is 4.68. The van der Waals surface area contributed by atoms with Crippen LogP contribution in [0.1, 0.15) is 36.0 Å². The molecule has 1 heterocycles. The molecule has 1 aliphatic heterocycles. The zero-order valence-electron chi connectivity index (χ0n) is 15.2. The fourth-order valence-corrected chi connectivity index (χ4v) is 5.26. The van der Waals surface area contributed by atoms with Crippen molar-refractivity contribution in [2.24, 2.45) is 0 Å². The van der Waals surface area contributed by atoms with Gasteiger partial charge in [0.05, 0.1) is 12.2 Å². The molecule has 0 bridgehead atoms. The number of nitrogens with one attached hydrogen (secondary N) is 1. The lowest BCUT2D eigenvalue weighted by Crippen LogP contribution is -2.47. The Labute approximate surface area is 163 Å². The summed E-state index contributed by atoms with van der Waals surface area (Å²) in [5, 5.41) is 3.06. The number of carbonyl (C=O) groups excluding carboxylic acids is 1. The largest absolute Gasteiger partial charge is 0.324 e. The first-order valence-electron chi connectivity index (χ1n) is 9.42. The van der Waals surface area contributed by atoms with Crippen LogP contribution in [0.25, 0.3) is 0 Å². The minimum atomic E-state index is 0.0675. The van der Waals surface area contributed by atoms with Crippen LogP contribution in [0.4, 0.5) is 5.69 Å². The zero-order chi connectivity index (χ0) is 18.1. The number of anilines is 1. The van der Waals surface area contributed by atoms with Gasteiger partial charge in [-0.25, -0.2) is 0 Å². The molecule has 1 saturated heterocycles. The summed E-state index contributed by atoms with van der Waals surface area (Å²) in [4.78, 5) is 14.9. The second kappa shape index (κ2) is 7.16. The SMILES string of the molecule is Cc1ccc(NC(=O)CN2CCCC3(CCc4ccccc43)C2)c(Br)c1. The molecule has 1 spiro atoms. The van der Waals surface area contributed by atoms with Crippen LogP contribution >= 0.6 is 15.9 Å². The van der Waals surface area contributed by atoms with Crippen molar-refractivity contribution in [1.29, 1.82) is 0 Å². The van der Waals surface area contributed by atoms with E-state index < -0.39 is 0 Å². The van der Waals surface area contributed by atoms with Crippen LogP contribution < -0.4 is 5.32 Å². The number of amides is 1. The number of likely N-dealkylation sites (tertiary alicyclic amines) is 1. The van der Waals surface area contributed by atoms with Crippen molar-refractivity contribution >= 4 is 27.5 Å². The van der Waals surface area contributed by atoms with E-state index in [-0.39, 0.29) is 11.3 Å². The van der Waals surface area contributed by atoms with Gasteiger partial charge in [0, 0.05) is 16.4 Å². The van der Waals surface area contributed by atoms with Gasteiger partial charge in [0.1, 0.15) is 0 Å². The van der Waals surface area contributed by atoms with Crippen LogP contribution in [0.15, 0.2) is 46.9 Å². The summed E-state index contributed by atoms with van der Waals surface area (Å²) < 4.78 is 0.936. The number of halogens is 1. The van der Waals surface area contributed by atoms with Crippen LogP contribution in [-0.4, -0.2) is 30.4 Å². The molecule has 1 fully saturated rings. The molecule has 2 aromatic carbocycles. The highest BCUT2D eigenvalue weighted by Crippen LogP contribution is 2.44. The summed E-state index contributed by atoms with van der Waals surface area (Å²) in [7, 11) is 0. The molecule has 0 aromatic heterocycles. The Kier molecular flexibility index (Phi) is 4.89. The molecule has 2 aliphatic rings. The molecule has 1 aliphatic carbocycles. The average Bonchev–Trinajstić information content (AvgIpc) is 2.96. The van der Waals surface area contributed by atoms with Crippen LogP contribution in [0, 0.1) is 6.92 Å². The summed E-state index contributed by atoms with van der Waals surface area (Å²) in [5.74, 6) is 0.0675. The summed E-state index contributed by atoms with van der Waals surface area (Å²) in [6.07, 6.45) is 4.79. The number of nitrogens with zero attached hydrogens (tertiary/aromatic N) is 1. The molecular weight excluding hydrogens is 388 g/mol. The predicted molar refractivity (Wildman–Crippen MR) is 110 cm³/mol. The lowest BCUT2D eigenvalue weighted by molar-refractivity contribution is -0.117. The maximum absolute atomic E-state index is 12.6. The fourth-order valence-electron chi connectivity index (χ4n) is 4.66. The number of rotatable bonds is 3. The first-order valence-corrected chi connectivity index (χ1v) is 10.2. The van der Waals surface area contributed by atoms with Gasteiger partial charge in [0.25, 0.3) is 0 Å². The maximum atomic E-state index is 12.6. The Morgan fingerprint density at radius 1 is 1.23 bits per heavy atom. The van der Waals surface area contributed by atoms with Crippen molar-refractivity contribution in [3.05, 3.63) is 63.6 Å². The van der Waals surface area contributed by atoms with Crippen molar-refractivity contribution < 1.29 is 4.79 Å². The van der Waals surface area contributed by atoms with Gasteiger partial charge in [-0.2, -0.15) is 0 Å². The zero-order valence-corrected chi connectivity index (χ0v) is 16.8. The van der Waals surface area contributed by atoms with E-state index >= 15 is 0 Å². The topological polar surface area (TPSA) is 32.3 Å². The minimum absolute atomic E-state index is 0.0675. The third-order valence-corrected chi connectivity index (χ3v) is 6.54. The van der Waals surface area contributed by atoms with E-state index in [9.17, 15) is 4.79 Å². The number of hydrogen-bond acceptors (Lipinski definition) is 2. The highest BCUT2D eigenvalue weighted by Gasteiger charge is 2.41. The number of piperidine rings is 1. The summed E-state index contributed by atoms with van der Waals surface area (Å²) in [5.41, 5.74) is 5.29. The van der Waals surface area contributed by atoms with E-state index in [0.29, 0.717) is 6.54 Å². The van der Waals surface area contributed by atoms with Crippen LogP contribution in [0.3, 0.4) is 0 Å². The molecule has 0 radical (unpaired) electrons. The van der Waals surface area contributed by atoms with Crippen LogP contribution in [0.5, 0.6) is 0 Å². The Hall–Kier alpha value is -1.65. The Morgan fingerprint density at radius 2 is 2.08 bits per heavy atom. The monoisotopic (exact) mass is 412 g/mol. The van der Waals surface area contributed by atoms with Gasteiger partial charge in [-0.1, -0.05) is 30.3 Å². The molecule has 4 heteroatoms. The number of hydrogen-bond donors (Lipinski definition) is 1. The van der Waals surface area contributed by atoms with Gasteiger partial charge in [-0.15, -0.1) is 0 Å². The van der Waals surface area contributed by atoms with E-state index in [4.69, 9.17) is 0 Å². The normalized spacial score (nSPS) is 22.4. The van der Waals surface area contributed by atoms with E-state index in [0.717, 1.165) is 29.7 Å². The van der Waals surface area contributed by atoms with Crippen molar-refractivity contribution in [3.63, 3.8) is 0 Å². The van der Waals surface area contributed by atoms with Crippen LogP contribution in [-0.2, 0) is 16.6 Å².